The van der Waals surface area contributed by atoms with Gasteiger partial charge in [-0.25, -0.2) is 9.97 Å². The predicted octanol–water partition coefficient (Wildman–Crippen LogP) is 8.35. The third-order valence-electron chi connectivity index (χ3n) is 10.7. The molecule has 274 valence electrons. The number of aryl methyl sites for hydroxylation is 6. The molecule has 0 radical (unpaired) electrons. The fraction of sp³-hybridized carbons (Fsp3) is 0.512. The third-order valence-corrected chi connectivity index (χ3v) is 11.0. The quantitative estimate of drug-likeness (QED) is 0.161. The Morgan fingerprint density at radius 3 is 1.51 bits per heavy atom. The second-order valence-electron chi connectivity index (χ2n) is 14.0. The van der Waals surface area contributed by atoms with Crippen LogP contribution >= 0.6 is 11.6 Å². The lowest BCUT2D eigenvalue weighted by molar-refractivity contribution is 0.415. The Labute approximate surface area is 307 Å². The number of nitrogens with one attached hydrogen (secondary N) is 2. The van der Waals surface area contributed by atoms with Gasteiger partial charge in [-0.2, -0.15) is 0 Å². The van der Waals surface area contributed by atoms with E-state index in [0.717, 1.165) is 79.6 Å². The van der Waals surface area contributed by atoms with Gasteiger partial charge in [-0.15, -0.1) is 0 Å². The maximum atomic E-state index is 13.0. The maximum absolute atomic E-state index is 13.0. The average Bonchev–Trinajstić information content (AvgIpc) is 3.80. The van der Waals surface area contributed by atoms with Gasteiger partial charge < -0.3 is 15.4 Å². The van der Waals surface area contributed by atoms with E-state index in [9.17, 15) is 9.59 Å². The number of benzene rings is 2. The highest BCUT2D eigenvalue weighted by Gasteiger charge is 2.22. The lowest BCUT2D eigenvalue weighted by atomic mass is 10.0. The van der Waals surface area contributed by atoms with Crippen molar-refractivity contribution in [2.45, 2.75) is 118 Å². The molecule has 0 bridgehead atoms. The minimum absolute atomic E-state index is 0.0399. The minimum Gasteiger partial charge on any atom is -0.496 e. The fourth-order valence-corrected chi connectivity index (χ4v) is 7.61. The summed E-state index contributed by atoms with van der Waals surface area (Å²) in [5, 5.41) is 7.41. The molecule has 6 rings (SSSR count). The van der Waals surface area contributed by atoms with Gasteiger partial charge in [0.1, 0.15) is 28.8 Å². The van der Waals surface area contributed by atoms with Crippen LogP contribution in [0.4, 0.5) is 11.4 Å². The molecule has 2 aromatic heterocycles. The second-order valence-corrected chi connectivity index (χ2v) is 14.4. The molecule has 2 aromatic carbocycles. The average molecular weight is 715 g/mol. The van der Waals surface area contributed by atoms with Crippen LogP contribution in [0.1, 0.15) is 99.9 Å². The fourth-order valence-electron chi connectivity index (χ4n) is 7.34. The van der Waals surface area contributed by atoms with Crippen LogP contribution < -0.4 is 26.5 Å². The Kier molecular flexibility index (Phi) is 12.3. The summed E-state index contributed by atoms with van der Waals surface area (Å²) < 4.78 is 8.87. The van der Waals surface area contributed by atoms with Crippen LogP contribution in [0.3, 0.4) is 0 Å². The van der Waals surface area contributed by atoms with E-state index in [1.807, 2.05) is 19.9 Å². The van der Waals surface area contributed by atoms with Gasteiger partial charge in [0, 0.05) is 31.7 Å². The number of nitrogens with zero attached hydrogens (tertiary/aromatic N) is 4. The van der Waals surface area contributed by atoms with Crippen molar-refractivity contribution >= 4 is 23.0 Å². The van der Waals surface area contributed by atoms with Gasteiger partial charge in [0.2, 0.25) is 0 Å². The lowest BCUT2D eigenvalue weighted by Crippen LogP contribution is -2.29. The Bertz CT molecular complexity index is 2010. The molecule has 2 N–H and O–H groups in total. The van der Waals surface area contributed by atoms with E-state index in [2.05, 4.69) is 56.5 Å². The summed E-state index contributed by atoms with van der Waals surface area (Å²) in [4.78, 5) is 35.4. The standard InChI is InChI=1S/C21H29N3O2.C20H26ClN3O/c1-6-16(7-2)23-19-13(3)22-20(24(4)21(19)25)17-11-14-9-8-10-15(14)12-18(17)26-5;1-5-15(6-2)23-18-12(3)22-19(24(4)20(18)25)16-10-13-8-7-9-14(13)11-17(16)21/h11-12,16,23H,6-10H2,1-5H3;10-11,15,23H,5-9H2,1-4H3. The van der Waals surface area contributed by atoms with E-state index in [-0.39, 0.29) is 23.2 Å². The van der Waals surface area contributed by atoms with Gasteiger partial charge in [-0.05, 0) is 125 Å². The van der Waals surface area contributed by atoms with E-state index in [4.69, 9.17) is 26.3 Å². The summed E-state index contributed by atoms with van der Waals surface area (Å²) in [6.45, 7) is 12.3. The molecule has 4 aromatic rings. The topological polar surface area (TPSA) is 103 Å². The van der Waals surface area contributed by atoms with Crippen LogP contribution in [0.5, 0.6) is 5.75 Å². The highest BCUT2D eigenvalue weighted by Crippen LogP contribution is 2.36. The van der Waals surface area contributed by atoms with Crippen molar-refractivity contribution < 1.29 is 4.74 Å². The van der Waals surface area contributed by atoms with E-state index in [1.54, 1.807) is 30.3 Å². The van der Waals surface area contributed by atoms with E-state index in [0.29, 0.717) is 28.0 Å². The van der Waals surface area contributed by atoms with Crippen LogP contribution in [-0.2, 0) is 39.8 Å². The molecule has 2 aliphatic carbocycles. The highest BCUT2D eigenvalue weighted by molar-refractivity contribution is 6.33. The Morgan fingerprint density at radius 1 is 0.686 bits per heavy atom. The van der Waals surface area contributed by atoms with Crippen molar-refractivity contribution in [3.8, 4) is 28.5 Å². The number of fused-ring (bicyclic) bond motifs is 2. The molecule has 0 fully saturated rings. The lowest BCUT2D eigenvalue weighted by Gasteiger charge is -2.20. The smallest absolute Gasteiger partial charge is 0.277 e. The molecule has 51 heavy (non-hydrogen) atoms. The Morgan fingerprint density at radius 2 is 1.08 bits per heavy atom. The van der Waals surface area contributed by atoms with Crippen LogP contribution in [0.2, 0.25) is 5.02 Å². The molecule has 0 atom stereocenters. The van der Waals surface area contributed by atoms with Crippen LogP contribution in [0.15, 0.2) is 33.9 Å². The third kappa shape index (κ3) is 7.88. The van der Waals surface area contributed by atoms with E-state index in [1.165, 1.54) is 35.1 Å². The SMILES string of the molecule is CCC(CC)Nc1c(C)nc(-c2cc3c(cc2Cl)CCC3)n(C)c1=O.CCC(CC)Nc1c(C)nc(-c2cc3c(cc2OC)CCC3)n(C)c1=O. The molecule has 10 heteroatoms. The van der Waals surface area contributed by atoms with Gasteiger partial charge in [-0.1, -0.05) is 39.3 Å². The molecule has 0 spiro atoms. The number of rotatable bonds is 11. The molecule has 0 unspecified atom stereocenters. The number of hydrogen-bond donors (Lipinski definition) is 2. The largest absolute Gasteiger partial charge is 0.496 e. The van der Waals surface area contributed by atoms with Crippen molar-refractivity contribution in [2.24, 2.45) is 14.1 Å². The number of methoxy groups -OCH3 is 1. The first-order valence-electron chi connectivity index (χ1n) is 18.7. The van der Waals surface area contributed by atoms with Gasteiger partial charge in [-0.3, -0.25) is 18.7 Å². The maximum Gasteiger partial charge on any atom is 0.277 e. The predicted molar refractivity (Wildman–Crippen MR) is 211 cm³/mol. The molecule has 0 aliphatic heterocycles. The molecule has 0 amide bonds. The van der Waals surface area contributed by atoms with Gasteiger partial charge in [0.05, 0.1) is 29.1 Å². The number of aromatic nitrogens is 4. The molecule has 9 nitrogen and oxygen atoms in total. The molecular formula is C41H55ClN6O3. The molecular weight excluding hydrogens is 660 g/mol. The summed E-state index contributed by atoms with van der Waals surface area (Å²) in [5.74, 6) is 2.08. The highest BCUT2D eigenvalue weighted by atomic mass is 35.5. The number of hydrogen-bond acceptors (Lipinski definition) is 7. The molecule has 0 saturated carbocycles. The van der Waals surface area contributed by atoms with Crippen LogP contribution in [0, 0.1) is 13.8 Å². The van der Waals surface area contributed by atoms with Crippen molar-refractivity contribution in [2.75, 3.05) is 17.7 Å². The number of anilines is 2. The van der Waals surface area contributed by atoms with Crippen molar-refractivity contribution in [1.29, 1.82) is 0 Å². The second kappa shape index (κ2) is 16.5. The number of halogens is 1. The van der Waals surface area contributed by atoms with Crippen LogP contribution in [0.25, 0.3) is 22.8 Å². The van der Waals surface area contributed by atoms with Crippen LogP contribution in [-0.4, -0.2) is 38.3 Å². The van der Waals surface area contributed by atoms with E-state index < -0.39 is 0 Å². The Hall–Kier alpha value is -4.11. The zero-order valence-electron chi connectivity index (χ0n) is 31.9. The van der Waals surface area contributed by atoms with Crippen molar-refractivity contribution in [3.05, 3.63) is 83.6 Å². The van der Waals surface area contributed by atoms with Gasteiger partial charge >= 0.3 is 0 Å². The zero-order valence-corrected chi connectivity index (χ0v) is 32.7. The summed E-state index contributed by atoms with van der Waals surface area (Å²) >= 11 is 6.52. The minimum atomic E-state index is -0.0500. The zero-order chi connectivity index (χ0) is 37.0. The first kappa shape index (κ1) is 38.1. The first-order chi connectivity index (χ1) is 24.4. The monoisotopic (exact) mass is 714 g/mol. The summed E-state index contributed by atoms with van der Waals surface area (Å²) in [7, 11) is 5.23. The van der Waals surface area contributed by atoms with E-state index >= 15 is 0 Å². The molecule has 0 saturated heterocycles. The first-order valence-corrected chi connectivity index (χ1v) is 19.0. The normalized spacial score (nSPS) is 13.3. The summed E-state index contributed by atoms with van der Waals surface area (Å²) in [6.07, 6.45) is 10.5. The van der Waals surface area contributed by atoms with Gasteiger partial charge in [0.25, 0.3) is 11.1 Å². The van der Waals surface area contributed by atoms with Crippen molar-refractivity contribution in [3.63, 3.8) is 0 Å². The summed E-state index contributed by atoms with van der Waals surface area (Å²) in [5.41, 5.74) is 9.64. The number of ether oxygens (including phenoxy) is 1. The Balaban J connectivity index is 0.000000198. The van der Waals surface area contributed by atoms with Crippen molar-refractivity contribution in [1.82, 2.24) is 19.1 Å². The summed E-state index contributed by atoms with van der Waals surface area (Å²) in [6, 6.07) is 8.97. The molecule has 2 heterocycles. The van der Waals surface area contributed by atoms with Gasteiger partial charge in [0.15, 0.2) is 0 Å². The molecule has 2 aliphatic rings.